The Balaban J connectivity index is 0.000000283. The molecule has 6 unspecified atom stereocenters. The van der Waals surface area contributed by atoms with E-state index in [-0.39, 0.29) is 25.3 Å². The van der Waals surface area contributed by atoms with Gasteiger partial charge in [0.15, 0.2) is 0 Å². The molecule has 0 aliphatic carbocycles. The lowest BCUT2D eigenvalue weighted by atomic mass is 10.1. The highest BCUT2D eigenvalue weighted by Gasteiger charge is 2.28. The summed E-state index contributed by atoms with van der Waals surface area (Å²) in [5.41, 5.74) is 6.43. The molecule has 1 fully saturated rings. The standard InChI is InChI=1S/C24H27N3.C15H22NO5P.C15H26NOP.C7H16OP/c1-4-10-22(11-5-1)16-25-19-26(17-23-12-6-2-7-13-23)21-27(20-25)18-24-14-8-3-9-15-24;1-22(21,10-13(15(19)20)7-8-14(17)18)11-16-9-12-5-3-2-4-6-12;1-4-8-14(2)12-18(3,17)13-16-11-15-9-6-5-7-10-15;1-4-5-7(2)6-9(3)8/h1-15H,16-21H2;2-6,13,16H,7-11H2,1H3,(H,17,18)(H,19,20);5-7,9-10,14,16H,4,8,11-13H2,1-3H3;7H,4-6H2,1-3H3/q;;;+1. The highest BCUT2D eigenvalue weighted by Crippen LogP contribution is 2.43. The molecule has 1 aliphatic rings. The van der Waals surface area contributed by atoms with E-state index < -0.39 is 39.9 Å². The molecule has 1 saturated heterocycles. The average Bonchev–Trinajstić information content (AvgIpc) is 3.37. The van der Waals surface area contributed by atoms with Crippen molar-refractivity contribution in [3.05, 3.63) is 179 Å². The summed E-state index contributed by atoms with van der Waals surface area (Å²) in [5, 5.41) is 24.2. The minimum atomic E-state index is -2.68. The van der Waals surface area contributed by atoms with Crippen LogP contribution in [-0.4, -0.2) is 108 Å². The van der Waals surface area contributed by atoms with Crippen LogP contribution in [0.3, 0.4) is 0 Å². The summed E-state index contributed by atoms with van der Waals surface area (Å²) in [6.45, 7) is 21.3. The van der Waals surface area contributed by atoms with E-state index in [0.717, 1.165) is 64.1 Å². The van der Waals surface area contributed by atoms with E-state index in [1.807, 2.05) is 61.9 Å². The van der Waals surface area contributed by atoms with Gasteiger partial charge in [-0.05, 0) is 65.8 Å². The number of hydrogen-bond acceptors (Lipinski definition) is 10. The van der Waals surface area contributed by atoms with Gasteiger partial charge in [-0.25, -0.2) is 0 Å². The summed E-state index contributed by atoms with van der Waals surface area (Å²) < 4.78 is 35.6. The number of aliphatic carboxylic acids is 2. The maximum atomic E-state index is 12.5. The Morgan fingerprint density at radius 3 is 1.18 bits per heavy atom. The predicted molar refractivity (Wildman–Crippen MR) is 318 cm³/mol. The fraction of sp³-hybridized carbons (Fsp3) is 0.475. The molecule has 0 saturated carbocycles. The van der Waals surface area contributed by atoms with Crippen LogP contribution in [0.15, 0.2) is 152 Å². The van der Waals surface area contributed by atoms with Crippen LogP contribution in [-0.2, 0) is 56.0 Å². The van der Waals surface area contributed by atoms with Crippen LogP contribution in [0.25, 0.3) is 0 Å². The summed E-state index contributed by atoms with van der Waals surface area (Å²) in [6, 6.07) is 52.2. The van der Waals surface area contributed by atoms with Crippen LogP contribution in [0.1, 0.15) is 94.0 Å². The molecule has 0 aromatic heterocycles. The third kappa shape index (κ3) is 31.0. The van der Waals surface area contributed by atoms with E-state index in [1.54, 1.807) is 6.66 Å². The van der Waals surface area contributed by atoms with Crippen LogP contribution in [0.2, 0.25) is 0 Å². The number of hydrogen-bond donors (Lipinski definition) is 4. The number of nitrogens with one attached hydrogen (secondary N) is 2. The Morgan fingerprint density at radius 1 is 0.539 bits per heavy atom. The molecular formula is C61H91N5O7P3+. The molecule has 4 N–H and O–H groups in total. The summed E-state index contributed by atoms with van der Waals surface area (Å²) in [4.78, 5) is 29.3. The Bertz CT molecular complexity index is 2320. The molecule has 6 atom stereocenters. The topological polar surface area (TPSA) is 160 Å². The normalized spacial score (nSPS) is 15.8. The van der Waals surface area contributed by atoms with E-state index in [9.17, 15) is 23.3 Å². The summed E-state index contributed by atoms with van der Waals surface area (Å²) in [7, 11) is -5.61. The largest absolute Gasteiger partial charge is 0.481 e. The van der Waals surface area contributed by atoms with Crippen molar-refractivity contribution in [1.29, 1.82) is 0 Å². The molecule has 6 rings (SSSR count). The number of rotatable bonds is 28. The molecule has 5 aromatic rings. The molecule has 1 heterocycles. The fourth-order valence-corrected chi connectivity index (χ4v) is 14.6. The predicted octanol–water partition coefficient (Wildman–Crippen LogP) is 13.7. The van der Waals surface area contributed by atoms with Gasteiger partial charge in [0.2, 0.25) is 0 Å². The van der Waals surface area contributed by atoms with Crippen molar-refractivity contribution in [2.45, 2.75) is 98.9 Å². The Kier molecular flexibility index (Phi) is 32.2. The van der Waals surface area contributed by atoms with Gasteiger partial charge in [-0.1, -0.05) is 203 Å². The zero-order valence-electron chi connectivity index (χ0n) is 46.7. The van der Waals surface area contributed by atoms with Crippen molar-refractivity contribution in [2.75, 3.05) is 71.1 Å². The van der Waals surface area contributed by atoms with Gasteiger partial charge in [-0.15, -0.1) is 0 Å². The van der Waals surface area contributed by atoms with E-state index in [1.165, 1.54) is 47.9 Å². The zero-order chi connectivity index (χ0) is 55.6. The quantitative estimate of drug-likeness (QED) is 0.0352. The van der Waals surface area contributed by atoms with Crippen molar-refractivity contribution in [2.24, 2.45) is 17.8 Å². The van der Waals surface area contributed by atoms with Crippen LogP contribution in [0.5, 0.6) is 0 Å². The molecule has 12 nitrogen and oxygen atoms in total. The number of benzene rings is 5. The van der Waals surface area contributed by atoms with Crippen molar-refractivity contribution in [3.63, 3.8) is 0 Å². The first kappa shape index (κ1) is 65.7. The molecule has 0 bridgehead atoms. The van der Waals surface area contributed by atoms with Gasteiger partial charge >= 0.3 is 19.7 Å². The minimum Gasteiger partial charge on any atom is -0.481 e. The van der Waals surface area contributed by atoms with Gasteiger partial charge in [-0.3, -0.25) is 24.3 Å². The van der Waals surface area contributed by atoms with Crippen LogP contribution in [0.4, 0.5) is 0 Å². The van der Waals surface area contributed by atoms with Gasteiger partial charge in [0, 0.05) is 64.0 Å². The molecule has 1 aliphatic heterocycles. The number of carbonyl (C=O) groups is 2. The molecule has 0 radical (unpaired) electrons. The van der Waals surface area contributed by atoms with E-state index in [2.05, 4.69) is 156 Å². The lowest BCUT2D eigenvalue weighted by molar-refractivity contribution is -0.142. The Labute approximate surface area is 458 Å². The third-order valence-electron chi connectivity index (χ3n) is 12.7. The molecule has 15 heteroatoms. The average molecular weight is 1100 g/mol. The first-order valence-corrected chi connectivity index (χ1v) is 34.0. The number of carboxylic acids is 2. The van der Waals surface area contributed by atoms with E-state index in [4.69, 9.17) is 10.2 Å². The van der Waals surface area contributed by atoms with Gasteiger partial charge in [0.25, 0.3) is 0 Å². The lowest BCUT2D eigenvalue weighted by Gasteiger charge is -2.42. The number of nitrogens with zero attached hydrogens (tertiary/aromatic N) is 3. The molecule has 5 aromatic carbocycles. The van der Waals surface area contributed by atoms with Gasteiger partial charge < -0.3 is 30.0 Å². The minimum absolute atomic E-state index is 0.00117. The van der Waals surface area contributed by atoms with Crippen LogP contribution < -0.4 is 10.6 Å². The summed E-state index contributed by atoms with van der Waals surface area (Å²) in [5.74, 6) is -1.79. The van der Waals surface area contributed by atoms with Crippen molar-refractivity contribution >= 4 is 34.0 Å². The molecule has 0 spiro atoms. The number of carboxylic acid groups (broad SMARTS) is 2. The Morgan fingerprint density at radius 2 is 0.868 bits per heavy atom. The first-order chi connectivity index (χ1) is 36.3. The zero-order valence-corrected chi connectivity index (χ0v) is 49.4. The molecule has 76 heavy (non-hydrogen) atoms. The van der Waals surface area contributed by atoms with Crippen molar-refractivity contribution in [1.82, 2.24) is 25.3 Å². The van der Waals surface area contributed by atoms with Crippen molar-refractivity contribution in [3.8, 4) is 0 Å². The van der Waals surface area contributed by atoms with E-state index >= 15 is 0 Å². The second-order valence-electron chi connectivity index (χ2n) is 21.0. The summed E-state index contributed by atoms with van der Waals surface area (Å²) in [6.07, 6.45) is 7.22. The second-order valence-corrected chi connectivity index (χ2v) is 29.2. The van der Waals surface area contributed by atoms with Gasteiger partial charge in [0.05, 0.1) is 40.2 Å². The molecular weight excluding hydrogens is 1010 g/mol. The maximum absolute atomic E-state index is 12.5. The van der Waals surface area contributed by atoms with Crippen LogP contribution in [0, 0.1) is 17.8 Å². The molecule has 416 valence electrons. The van der Waals surface area contributed by atoms with Gasteiger partial charge in [-0.2, -0.15) is 0 Å². The maximum Gasteiger partial charge on any atom is 0.335 e. The highest BCUT2D eigenvalue weighted by atomic mass is 31.2. The van der Waals surface area contributed by atoms with Crippen LogP contribution >= 0.6 is 22.1 Å². The molecule has 0 amide bonds. The van der Waals surface area contributed by atoms with E-state index in [0.29, 0.717) is 24.7 Å². The van der Waals surface area contributed by atoms with Crippen molar-refractivity contribution < 1.29 is 33.5 Å². The second kappa shape index (κ2) is 37.3. The Hall–Kier alpha value is -4.60. The monoisotopic (exact) mass is 1100 g/mol. The smallest absolute Gasteiger partial charge is 0.335 e. The SMILES string of the molecule is CCCC(C)CP(C)(=O)CNCc1ccccc1.CCCC(C)C[P+](C)=O.CP(=O)(CNCc1ccccc1)CC(CCC(=O)O)C(=O)O.c1ccc(CN2CN(Cc3ccccc3)CN(Cc3ccccc3)C2)cc1. The third-order valence-corrected chi connectivity index (χ3v) is 18.2. The lowest BCUT2D eigenvalue weighted by Crippen LogP contribution is -2.53. The summed E-state index contributed by atoms with van der Waals surface area (Å²) >= 11 is 0. The first-order valence-electron chi connectivity index (χ1n) is 27.1. The van der Waals surface area contributed by atoms with Gasteiger partial charge in [0.1, 0.15) is 12.8 Å². The fourth-order valence-electron chi connectivity index (χ4n) is 9.33. The highest BCUT2D eigenvalue weighted by molar-refractivity contribution is 7.63.